The third kappa shape index (κ3) is 4.21. The van der Waals surface area contributed by atoms with Gasteiger partial charge >= 0.3 is 0 Å². The van der Waals surface area contributed by atoms with Crippen molar-refractivity contribution >= 4 is 17.3 Å². The predicted molar refractivity (Wildman–Crippen MR) is 114 cm³/mol. The minimum atomic E-state index is 0.239. The molecule has 28 heavy (non-hydrogen) atoms. The van der Waals surface area contributed by atoms with E-state index >= 15 is 0 Å². The monoisotopic (exact) mass is 399 g/mol. The van der Waals surface area contributed by atoms with Crippen molar-refractivity contribution < 1.29 is 4.74 Å². The molecule has 2 fully saturated rings. The fourth-order valence-corrected chi connectivity index (χ4v) is 5.05. The second-order valence-electron chi connectivity index (χ2n) is 7.48. The molecule has 7 heteroatoms. The molecule has 1 aromatic heterocycles. The van der Waals surface area contributed by atoms with Crippen LogP contribution in [-0.4, -0.2) is 66.2 Å². The first kappa shape index (κ1) is 19.4. The predicted octanol–water partition coefficient (Wildman–Crippen LogP) is 2.42. The van der Waals surface area contributed by atoms with Gasteiger partial charge in [0.2, 0.25) is 0 Å². The second-order valence-corrected chi connectivity index (χ2v) is 8.77. The minimum absolute atomic E-state index is 0.239. The number of ether oxygens (including phenoxy) is 1. The zero-order valence-electron chi connectivity index (χ0n) is 16.9. The Morgan fingerprint density at radius 3 is 2.82 bits per heavy atom. The molecular formula is C21H29N5OS. The molecule has 3 heterocycles. The first-order valence-corrected chi connectivity index (χ1v) is 10.7. The van der Waals surface area contributed by atoms with Crippen molar-refractivity contribution in [1.29, 1.82) is 0 Å². The zero-order chi connectivity index (χ0) is 19.5. The van der Waals surface area contributed by atoms with Crippen molar-refractivity contribution in [2.75, 3.05) is 33.3 Å². The SMILES string of the molecule is CN=C(NCc1sc(C)nc1C)N1CC2OCCN(Cc3ccccc3)C2C1. The lowest BCUT2D eigenvalue weighted by molar-refractivity contribution is -0.0502. The molecule has 0 spiro atoms. The van der Waals surface area contributed by atoms with Crippen LogP contribution >= 0.6 is 11.3 Å². The van der Waals surface area contributed by atoms with Gasteiger partial charge in [0.05, 0.1) is 36.0 Å². The normalized spacial score (nSPS) is 23.1. The number of aryl methyl sites for hydroxylation is 2. The van der Waals surface area contributed by atoms with E-state index < -0.39 is 0 Å². The van der Waals surface area contributed by atoms with E-state index in [9.17, 15) is 0 Å². The molecule has 2 atom stereocenters. The summed E-state index contributed by atoms with van der Waals surface area (Å²) in [5.41, 5.74) is 2.47. The third-order valence-electron chi connectivity index (χ3n) is 5.56. The number of aliphatic imine (C=N–C) groups is 1. The maximum absolute atomic E-state index is 6.11. The number of morpholine rings is 1. The van der Waals surface area contributed by atoms with E-state index in [0.717, 1.165) is 56.0 Å². The number of hydrogen-bond acceptors (Lipinski definition) is 5. The molecule has 4 rings (SSSR count). The summed E-state index contributed by atoms with van der Waals surface area (Å²) in [5.74, 6) is 0.947. The summed E-state index contributed by atoms with van der Waals surface area (Å²) in [6, 6.07) is 11.1. The molecule has 0 radical (unpaired) electrons. The largest absolute Gasteiger partial charge is 0.373 e. The minimum Gasteiger partial charge on any atom is -0.373 e. The van der Waals surface area contributed by atoms with Crippen LogP contribution in [0.25, 0.3) is 0 Å². The summed E-state index contributed by atoms with van der Waals surface area (Å²) in [6.45, 7) is 9.48. The van der Waals surface area contributed by atoms with Crippen molar-refractivity contribution in [3.05, 3.63) is 51.5 Å². The van der Waals surface area contributed by atoms with E-state index in [1.54, 1.807) is 11.3 Å². The molecule has 6 nitrogen and oxygen atoms in total. The number of likely N-dealkylation sites (tertiary alicyclic amines) is 1. The number of nitrogens with one attached hydrogen (secondary N) is 1. The number of aromatic nitrogens is 1. The van der Waals surface area contributed by atoms with Gasteiger partial charge in [0.1, 0.15) is 0 Å². The van der Waals surface area contributed by atoms with Crippen molar-refractivity contribution in [3.8, 4) is 0 Å². The Balaban J connectivity index is 1.40. The Labute approximate surface area is 171 Å². The Kier molecular flexibility index (Phi) is 5.94. The van der Waals surface area contributed by atoms with Gasteiger partial charge in [0.15, 0.2) is 5.96 Å². The topological polar surface area (TPSA) is 53.0 Å². The standard InChI is InChI=1S/C21H29N5OS/c1-15-20(28-16(2)24-15)11-23-21(22-3)26-13-18-19(14-26)27-10-9-25(18)12-17-7-5-4-6-8-17/h4-8,18-19H,9-14H2,1-3H3,(H,22,23). The number of nitrogens with zero attached hydrogens (tertiary/aromatic N) is 4. The second kappa shape index (κ2) is 8.59. The van der Waals surface area contributed by atoms with Gasteiger partial charge in [0.25, 0.3) is 0 Å². The number of benzene rings is 1. The van der Waals surface area contributed by atoms with Gasteiger partial charge in [-0.3, -0.25) is 9.89 Å². The smallest absolute Gasteiger partial charge is 0.194 e. The molecule has 0 aliphatic carbocycles. The van der Waals surface area contributed by atoms with Crippen LogP contribution in [0.1, 0.15) is 21.1 Å². The highest BCUT2D eigenvalue weighted by Crippen LogP contribution is 2.25. The van der Waals surface area contributed by atoms with Crippen LogP contribution in [0.15, 0.2) is 35.3 Å². The van der Waals surface area contributed by atoms with Gasteiger partial charge in [-0.25, -0.2) is 4.98 Å². The molecule has 150 valence electrons. The van der Waals surface area contributed by atoms with Gasteiger partial charge in [-0.15, -0.1) is 11.3 Å². The fourth-order valence-electron chi connectivity index (χ4n) is 4.17. The summed E-state index contributed by atoms with van der Waals surface area (Å²) in [7, 11) is 1.86. The summed E-state index contributed by atoms with van der Waals surface area (Å²) in [5, 5.41) is 4.64. The van der Waals surface area contributed by atoms with E-state index in [2.05, 4.69) is 69.3 Å². The van der Waals surface area contributed by atoms with Crippen LogP contribution in [-0.2, 0) is 17.8 Å². The lowest BCUT2D eigenvalue weighted by Gasteiger charge is -2.36. The summed E-state index contributed by atoms with van der Waals surface area (Å²) < 4.78 is 6.11. The van der Waals surface area contributed by atoms with Crippen LogP contribution in [0.4, 0.5) is 0 Å². The number of thiazole rings is 1. The molecule has 2 saturated heterocycles. The highest BCUT2D eigenvalue weighted by atomic mass is 32.1. The fraction of sp³-hybridized carbons (Fsp3) is 0.524. The van der Waals surface area contributed by atoms with E-state index in [1.165, 1.54) is 10.4 Å². The van der Waals surface area contributed by atoms with Crippen LogP contribution in [0.2, 0.25) is 0 Å². The van der Waals surface area contributed by atoms with Gasteiger partial charge in [0, 0.05) is 38.1 Å². The Hall–Kier alpha value is -1.96. The Bertz CT molecular complexity index is 821. The van der Waals surface area contributed by atoms with Crippen LogP contribution in [0.5, 0.6) is 0 Å². The summed E-state index contributed by atoms with van der Waals surface area (Å²) in [6.07, 6.45) is 0.239. The van der Waals surface area contributed by atoms with Crippen LogP contribution in [0.3, 0.4) is 0 Å². The Morgan fingerprint density at radius 1 is 1.29 bits per heavy atom. The molecule has 2 aromatic rings. The van der Waals surface area contributed by atoms with Gasteiger partial charge in [-0.1, -0.05) is 30.3 Å². The van der Waals surface area contributed by atoms with Gasteiger partial charge in [-0.2, -0.15) is 0 Å². The highest BCUT2D eigenvalue weighted by Gasteiger charge is 2.41. The lowest BCUT2D eigenvalue weighted by atomic mass is 10.1. The van der Waals surface area contributed by atoms with E-state index in [0.29, 0.717) is 6.04 Å². The van der Waals surface area contributed by atoms with E-state index in [4.69, 9.17) is 4.74 Å². The molecule has 2 aliphatic rings. The molecule has 1 N–H and O–H groups in total. The number of fused-ring (bicyclic) bond motifs is 1. The molecule has 2 aliphatic heterocycles. The van der Waals surface area contributed by atoms with Gasteiger partial charge in [-0.05, 0) is 19.4 Å². The average molecular weight is 400 g/mol. The van der Waals surface area contributed by atoms with Crippen LogP contribution in [0, 0.1) is 13.8 Å². The molecular weight excluding hydrogens is 370 g/mol. The van der Waals surface area contributed by atoms with Crippen molar-refractivity contribution in [2.45, 2.75) is 39.1 Å². The van der Waals surface area contributed by atoms with E-state index in [1.807, 2.05) is 7.05 Å². The third-order valence-corrected chi connectivity index (χ3v) is 6.64. The number of rotatable bonds is 4. The Morgan fingerprint density at radius 2 is 2.11 bits per heavy atom. The highest BCUT2D eigenvalue weighted by molar-refractivity contribution is 7.11. The summed E-state index contributed by atoms with van der Waals surface area (Å²) in [4.78, 5) is 15.2. The number of hydrogen-bond donors (Lipinski definition) is 1. The maximum atomic E-state index is 6.11. The average Bonchev–Trinajstić information content (AvgIpc) is 3.26. The van der Waals surface area contributed by atoms with Gasteiger partial charge < -0.3 is 15.0 Å². The zero-order valence-corrected chi connectivity index (χ0v) is 17.7. The summed E-state index contributed by atoms with van der Waals surface area (Å²) >= 11 is 1.75. The maximum Gasteiger partial charge on any atom is 0.194 e. The van der Waals surface area contributed by atoms with Crippen molar-refractivity contribution in [2.24, 2.45) is 4.99 Å². The first-order chi connectivity index (χ1) is 13.6. The molecule has 0 amide bonds. The molecule has 0 bridgehead atoms. The van der Waals surface area contributed by atoms with Crippen molar-refractivity contribution in [1.82, 2.24) is 20.1 Å². The first-order valence-electron chi connectivity index (χ1n) is 9.92. The van der Waals surface area contributed by atoms with E-state index in [-0.39, 0.29) is 6.10 Å². The molecule has 1 aromatic carbocycles. The molecule has 0 saturated carbocycles. The number of guanidine groups is 1. The lowest BCUT2D eigenvalue weighted by Crippen LogP contribution is -2.50. The van der Waals surface area contributed by atoms with Crippen molar-refractivity contribution in [3.63, 3.8) is 0 Å². The molecule has 2 unspecified atom stereocenters. The van der Waals surface area contributed by atoms with Crippen LogP contribution < -0.4 is 5.32 Å². The quantitative estimate of drug-likeness (QED) is 0.632.